The minimum Gasteiger partial charge on any atom is -0.315 e. The Morgan fingerprint density at radius 1 is 1.38 bits per heavy atom. The van der Waals surface area contributed by atoms with Crippen molar-refractivity contribution in [1.82, 2.24) is 5.32 Å². The third-order valence-corrected chi connectivity index (χ3v) is 3.17. The van der Waals surface area contributed by atoms with Crippen LogP contribution in [0.4, 0.5) is 5.69 Å². The van der Waals surface area contributed by atoms with E-state index in [1.165, 1.54) is 5.56 Å². The highest BCUT2D eigenvalue weighted by molar-refractivity contribution is 5.96. The molecule has 1 amide bonds. The molecule has 16 heavy (non-hydrogen) atoms. The van der Waals surface area contributed by atoms with E-state index in [4.69, 9.17) is 0 Å². The fourth-order valence-electron chi connectivity index (χ4n) is 2.04. The van der Waals surface area contributed by atoms with Crippen LogP contribution in [0.3, 0.4) is 0 Å². The number of benzene rings is 1. The molecule has 1 saturated heterocycles. The molecule has 0 aromatic heterocycles. The molecule has 1 aromatic rings. The molecule has 0 atom stereocenters. The summed E-state index contributed by atoms with van der Waals surface area (Å²) in [6, 6.07) is 6.18. The Morgan fingerprint density at radius 2 is 2.06 bits per heavy atom. The van der Waals surface area contributed by atoms with Crippen LogP contribution >= 0.6 is 0 Å². The smallest absolute Gasteiger partial charge is 0.232 e. The third kappa shape index (κ3) is 1.95. The summed E-state index contributed by atoms with van der Waals surface area (Å²) in [7, 11) is 1.86. The molecule has 0 saturated carbocycles. The second kappa shape index (κ2) is 4.26. The number of nitrogens with one attached hydrogen (secondary N) is 1. The lowest BCUT2D eigenvalue weighted by Gasteiger charge is -2.31. The van der Waals surface area contributed by atoms with E-state index < -0.39 is 0 Å². The average Bonchev–Trinajstić information content (AvgIpc) is 2.14. The zero-order chi connectivity index (χ0) is 11.7. The van der Waals surface area contributed by atoms with Gasteiger partial charge in [0.25, 0.3) is 0 Å². The summed E-state index contributed by atoms with van der Waals surface area (Å²) < 4.78 is 0. The third-order valence-electron chi connectivity index (χ3n) is 3.17. The molecular formula is C13H18N2O. The Kier molecular flexibility index (Phi) is 2.97. The number of rotatable bonds is 2. The van der Waals surface area contributed by atoms with Crippen LogP contribution in [0.1, 0.15) is 11.1 Å². The molecule has 0 bridgehead atoms. The van der Waals surface area contributed by atoms with Crippen molar-refractivity contribution in [3.8, 4) is 0 Å². The van der Waals surface area contributed by atoms with Crippen molar-refractivity contribution < 1.29 is 4.79 Å². The molecule has 1 fully saturated rings. The van der Waals surface area contributed by atoms with Gasteiger partial charge in [0.1, 0.15) is 0 Å². The zero-order valence-corrected chi connectivity index (χ0v) is 10.1. The monoisotopic (exact) mass is 218 g/mol. The highest BCUT2D eigenvalue weighted by Crippen LogP contribution is 2.22. The van der Waals surface area contributed by atoms with Crippen molar-refractivity contribution in [1.29, 1.82) is 0 Å². The predicted octanol–water partition coefficient (Wildman–Crippen LogP) is 1.49. The maximum Gasteiger partial charge on any atom is 0.232 e. The van der Waals surface area contributed by atoms with E-state index in [0.29, 0.717) is 0 Å². The quantitative estimate of drug-likeness (QED) is 0.815. The number of nitrogens with zero attached hydrogens (tertiary/aromatic N) is 1. The molecular weight excluding hydrogens is 200 g/mol. The molecule has 1 aliphatic rings. The molecule has 0 radical (unpaired) electrons. The van der Waals surface area contributed by atoms with Crippen molar-refractivity contribution in [3.63, 3.8) is 0 Å². The molecule has 0 spiro atoms. The summed E-state index contributed by atoms with van der Waals surface area (Å²) in [5, 5.41) is 3.12. The van der Waals surface area contributed by atoms with Crippen LogP contribution in [0, 0.1) is 19.8 Å². The first-order chi connectivity index (χ1) is 7.59. The first-order valence-electron chi connectivity index (χ1n) is 5.65. The van der Waals surface area contributed by atoms with Gasteiger partial charge < -0.3 is 10.2 Å². The van der Waals surface area contributed by atoms with E-state index in [1.54, 1.807) is 4.90 Å². The van der Waals surface area contributed by atoms with Crippen molar-refractivity contribution in [2.24, 2.45) is 5.92 Å². The molecule has 1 N–H and O–H groups in total. The highest BCUT2D eigenvalue weighted by atomic mass is 16.2. The zero-order valence-electron chi connectivity index (χ0n) is 10.1. The molecule has 0 unspecified atom stereocenters. The van der Waals surface area contributed by atoms with Crippen molar-refractivity contribution in [2.45, 2.75) is 13.8 Å². The van der Waals surface area contributed by atoms with Gasteiger partial charge in [0.2, 0.25) is 5.91 Å². The first kappa shape index (κ1) is 11.1. The van der Waals surface area contributed by atoms with Crippen LogP contribution in [-0.4, -0.2) is 26.0 Å². The highest BCUT2D eigenvalue weighted by Gasteiger charge is 2.28. The van der Waals surface area contributed by atoms with Crippen LogP contribution < -0.4 is 10.2 Å². The van der Waals surface area contributed by atoms with Gasteiger partial charge in [0.15, 0.2) is 0 Å². The summed E-state index contributed by atoms with van der Waals surface area (Å²) in [6.45, 7) is 5.74. The summed E-state index contributed by atoms with van der Waals surface area (Å²) >= 11 is 0. The van der Waals surface area contributed by atoms with E-state index in [-0.39, 0.29) is 11.8 Å². The van der Waals surface area contributed by atoms with E-state index >= 15 is 0 Å². The van der Waals surface area contributed by atoms with Gasteiger partial charge in [-0.3, -0.25) is 4.79 Å². The Bertz CT molecular complexity index is 410. The standard InChI is InChI=1S/C13H18N2O/c1-9-4-5-12(10(2)6-9)15(3)13(16)11-7-14-8-11/h4-6,11,14H,7-8H2,1-3H3. The Hall–Kier alpha value is -1.35. The average molecular weight is 218 g/mol. The van der Waals surface area contributed by atoms with Crippen LogP contribution in [0.25, 0.3) is 0 Å². The second-order valence-electron chi connectivity index (χ2n) is 4.54. The van der Waals surface area contributed by atoms with Gasteiger partial charge in [-0.15, -0.1) is 0 Å². The number of hydrogen-bond donors (Lipinski definition) is 1. The van der Waals surface area contributed by atoms with Crippen molar-refractivity contribution >= 4 is 11.6 Å². The van der Waals surface area contributed by atoms with Gasteiger partial charge in [0.05, 0.1) is 5.92 Å². The van der Waals surface area contributed by atoms with Gasteiger partial charge in [-0.25, -0.2) is 0 Å². The molecule has 3 heteroatoms. The molecule has 1 aliphatic heterocycles. The summed E-state index contributed by atoms with van der Waals surface area (Å²) in [5.74, 6) is 0.372. The topological polar surface area (TPSA) is 32.3 Å². The molecule has 3 nitrogen and oxygen atoms in total. The molecule has 86 valence electrons. The Balaban J connectivity index is 2.19. The van der Waals surface area contributed by atoms with Gasteiger partial charge in [-0.05, 0) is 25.5 Å². The van der Waals surface area contributed by atoms with Crippen LogP contribution in [0.2, 0.25) is 0 Å². The minimum absolute atomic E-state index is 0.158. The second-order valence-corrected chi connectivity index (χ2v) is 4.54. The van der Waals surface area contributed by atoms with Crippen LogP contribution in [-0.2, 0) is 4.79 Å². The van der Waals surface area contributed by atoms with Gasteiger partial charge in [0, 0.05) is 25.8 Å². The van der Waals surface area contributed by atoms with E-state index in [9.17, 15) is 4.79 Å². The number of aryl methyl sites for hydroxylation is 2. The lowest BCUT2D eigenvalue weighted by Crippen LogP contribution is -2.51. The van der Waals surface area contributed by atoms with Gasteiger partial charge in [-0.1, -0.05) is 17.7 Å². The molecule has 2 rings (SSSR count). The Labute approximate surface area is 96.5 Å². The van der Waals surface area contributed by atoms with Crippen LogP contribution in [0.15, 0.2) is 18.2 Å². The maximum absolute atomic E-state index is 12.0. The number of anilines is 1. The Morgan fingerprint density at radius 3 is 2.56 bits per heavy atom. The first-order valence-corrected chi connectivity index (χ1v) is 5.65. The minimum atomic E-state index is 0.158. The largest absolute Gasteiger partial charge is 0.315 e. The number of amides is 1. The number of carbonyl (C=O) groups excluding carboxylic acids is 1. The van der Waals surface area contributed by atoms with Gasteiger partial charge in [-0.2, -0.15) is 0 Å². The lowest BCUT2D eigenvalue weighted by atomic mass is 10.0. The molecule has 1 heterocycles. The van der Waals surface area contributed by atoms with Crippen LogP contribution in [0.5, 0.6) is 0 Å². The van der Waals surface area contributed by atoms with E-state index in [2.05, 4.69) is 18.3 Å². The van der Waals surface area contributed by atoms with Gasteiger partial charge >= 0.3 is 0 Å². The van der Waals surface area contributed by atoms with Crippen molar-refractivity contribution in [3.05, 3.63) is 29.3 Å². The lowest BCUT2D eigenvalue weighted by molar-refractivity contribution is -0.123. The summed E-state index contributed by atoms with van der Waals surface area (Å²) in [6.07, 6.45) is 0. The normalized spacial score (nSPS) is 15.7. The fraction of sp³-hybridized carbons (Fsp3) is 0.462. The molecule has 0 aliphatic carbocycles. The van der Waals surface area contributed by atoms with E-state index in [0.717, 1.165) is 24.3 Å². The SMILES string of the molecule is Cc1ccc(N(C)C(=O)C2CNC2)c(C)c1. The number of hydrogen-bond acceptors (Lipinski definition) is 2. The van der Waals surface area contributed by atoms with Crippen molar-refractivity contribution in [2.75, 3.05) is 25.0 Å². The summed E-state index contributed by atoms with van der Waals surface area (Å²) in [4.78, 5) is 13.8. The number of carbonyl (C=O) groups is 1. The van der Waals surface area contributed by atoms with E-state index in [1.807, 2.05) is 26.1 Å². The summed E-state index contributed by atoms with van der Waals surface area (Å²) in [5.41, 5.74) is 3.40. The molecule has 1 aromatic carbocycles. The fourth-order valence-corrected chi connectivity index (χ4v) is 2.04. The maximum atomic E-state index is 12.0. The predicted molar refractivity (Wildman–Crippen MR) is 65.7 cm³/mol.